The van der Waals surface area contributed by atoms with E-state index in [0.29, 0.717) is 18.7 Å². The number of anilines is 1. The van der Waals surface area contributed by atoms with Crippen molar-refractivity contribution >= 4 is 11.8 Å². The molecule has 1 fully saturated rings. The first-order chi connectivity index (χ1) is 12.2. The van der Waals surface area contributed by atoms with Crippen molar-refractivity contribution in [3.05, 3.63) is 23.9 Å². The molecule has 0 aliphatic carbocycles. The lowest BCUT2D eigenvalue weighted by molar-refractivity contribution is 0.197. The number of nitriles is 1. The standard InChI is InChI=1S/C19H29N5O/c1-3-4-5-8-16(2)22-19(25)24-12-7-11-23(13-14-24)18-17(15-20)9-6-10-21-18/h6,9-10,16H,3-5,7-8,11-14H2,1-2H3,(H,22,25). The van der Waals surface area contributed by atoms with E-state index < -0.39 is 0 Å². The number of amides is 2. The summed E-state index contributed by atoms with van der Waals surface area (Å²) in [5.41, 5.74) is 0.588. The summed E-state index contributed by atoms with van der Waals surface area (Å²) in [5, 5.41) is 12.4. The van der Waals surface area contributed by atoms with E-state index in [1.54, 1.807) is 18.3 Å². The van der Waals surface area contributed by atoms with Gasteiger partial charge in [0.2, 0.25) is 0 Å². The third-order valence-electron chi connectivity index (χ3n) is 4.60. The van der Waals surface area contributed by atoms with Gasteiger partial charge in [0, 0.05) is 38.4 Å². The van der Waals surface area contributed by atoms with Crippen molar-refractivity contribution in [3.8, 4) is 6.07 Å². The van der Waals surface area contributed by atoms with Crippen LogP contribution in [-0.4, -0.2) is 48.1 Å². The van der Waals surface area contributed by atoms with Crippen molar-refractivity contribution in [2.45, 2.75) is 52.0 Å². The van der Waals surface area contributed by atoms with Crippen molar-refractivity contribution in [1.82, 2.24) is 15.2 Å². The molecule has 1 atom stereocenters. The Morgan fingerprint density at radius 3 is 2.96 bits per heavy atom. The molecule has 25 heavy (non-hydrogen) atoms. The van der Waals surface area contributed by atoms with Crippen LogP contribution in [0.4, 0.5) is 10.6 Å². The maximum atomic E-state index is 12.5. The second-order valence-corrected chi connectivity index (χ2v) is 6.66. The summed E-state index contributed by atoms with van der Waals surface area (Å²) < 4.78 is 0. The van der Waals surface area contributed by atoms with Crippen LogP contribution in [-0.2, 0) is 0 Å². The van der Waals surface area contributed by atoms with E-state index in [1.807, 2.05) is 4.90 Å². The van der Waals surface area contributed by atoms with Crippen LogP contribution in [0, 0.1) is 11.3 Å². The van der Waals surface area contributed by atoms with Gasteiger partial charge in [0.15, 0.2) is 0 Å². The van der Waals surface area contributed by atoms with Crippen LogP contribution >= 0.6 is 0 Å². The summed E-state index contributed by atoms with van der Waals surface area (Å²) in [6.45, 7) is 7.15. The van der Waals surface area contributed by atoms with Gasteiger partial charge < -0.3 is 15.1 Å². The van der Waals surface area contributed by atoms with E-state index in [2.05, 4.69) is 35.1 Å². The third-order valence-corrected chi connectivity index (χ3v) is 4.60. The minimum Gasteiger partial charge on any atom is -0.354 e. The lowest BCUT2D eigenvalue weighted by atomic mass is 10.1. The van der Waals surface area contributed by atoms with Gasteiger partial charge in [0.25, 0.3) is 0 Å². The Balaban J connectivity index is 1.88. The quantitative estimate of drug-likeness (QED) is 0.806. The molecule has 1 N–H and O–H groups in total. The molecular formula is C19H29N5O. The Hall–Kier alpha value is -2.29. The molecule has 0 radical (unpaired) electrons. The molecule has 2 heterocycles. The van der Waals surface area contributed by atoms with Crippen molar-refractivity contribution < 1.29 is 4.79 Å². The average Bonchev–Trinajstić information content (AvgIpc) is 2.88. The summed E-state index contributed by atoms with van der Waals surface area (Å²) in [6, 6.07) is 5.99. The van der Waals surface area contributed by atoms with Gasteiger partial charge in [-0.15, -0.1) is 0 Å². The third kappa shape index (κ3) is 5.63. The van der Waals surface area contributed by atoms with Crippen LogP contribution in [0.1, 0.15) is 51.5 Å². The van der Waals surface area contributed by atoms with Crippen LogP contribution in [0.15, 0.2) is 18.3 Å². The van der Waals surface area contributed by atoms with Crippen molar-refractivity contribution in [1.29, 1.82) is 5.26 Å². The molecule has 1 aromatic heterocycles. The van der Waals surface area contributed by atoms with Crippen LogP contribution in [0.5, 0.6) is 0 Å². The molecule has 6 nitrogen and oxygen atoms in total. The number of carbonyl (C=O) groups excluding carboxylic acids is 1. The topological polar surface area (TPSA) is 72.3 Å². The van der Waals surface area contributed by atoms with Gasteiger partial charge in [-0.1, -0.05) is 26.2 Å². The van der Waals surface area contributed by atoms with Crippen LogP contribution in [0.25, 0.3) is 0 Å². The number of nitrogens with one attached hydrogen (secondary N) is 1. The molecule has 0 spiro atoms. The highest BCUT2D eigenvalue weighted by molar-refractivity contribution is 5.74. The maximum absolute atomic E-state index is 12.5. The van der Waals surface area contributed by atoms with Crippen LogP contribution in [0.2, 0.25) is 0 Å². The van der Waals surface area contributed by atoms with E-state index in [4.69, 9.17) is 0 Å². The second-order valence-electron chi connectivity index (χ2n) is 6.66. The maximum Gasteiger partial charge on any atom is 0.317 e. The molecule has 1 aliphatic rings. The van der Waals surface area contributed by atoms with Gasteiger partial charge in [0.1, 0.15) is 11.9 Å². The molecule has 0 saturated carbocycles. The average molecular weight is 343 g/mol. The molecule has 1 unspecified atom stereocenters. The first kappa shape index (κ1) is 19.0. The number of hydrogen-bond acceptors (Lipinski definition) is 4. The lowest BCUT2D eigenvalue weighted by Gasteiger charge is -2.25. The fourth-order valence-electron chi connectivity index (χ4n) is 3.14. The normalized spacial score (nSPS) is 16.0. The summed E-state index contributed by atoms with van der Waals surface area (Å²) in [4.78, 5) is 20.8. The van der Waals surface area contributed by atoms with Gasteiger partial charge in [-0.25, -0.2) is 9.78 Å². The van der Waals surface area contributed by atoms with E-state index >= 15 is 0 Å². The summed E-state index contributed by atoms with van der Waals surface area (Å²) in [6.07, 6.45) is 7.18. The second kappa shape index (κ2) is 9.87. The Morgan fingerprint density at radius 1 is 1.36 bits per heavy atom. The minimum absolute atomic E-state index is 0.0207. The van der Waals surface area contributed by atoms with Gasteiger partial charge in [-0.2, -0.15) is 5.26 Å². The molecule has 0 bridgehead atoms. The smallest absolute Gasteiger partial charge is 0.317 e. The zero-order valence-corrected chi connectivity index (χ0v) is 15.4. The molecular weight excluding hydrogens is 314 g/mol. The molecule has 1 aliphatic heterocycles. The highest BCUT2D eigenvalue weighted by Gasteiger charge is 2.22. The molecule has 6 heteroatoms. The van der Waals surface area contributed by atoms with E-state index in [1.165, 1.54) is 12.8 Å². The van der Waals surface area contributed by atoms with E-state index in [0.717, 1.165) is 38.2 Å². The van der Waals surface area contributed by atoms with Crippen molar-refractivity contribution in [2.75, 3.05) is 31.1 Å². The number of urea groups is 1. The molecule has 2 rings (SSSR count). The lowest BCUT2D eigenvalue weighted by Crippen LogP contribution is -2.45. The van der Waals surface area contributed by atoms with Gasteiger partial charge in [-0.3, -0.25) is 0 Å². The fraction of sp³-hybridized carbons (Fsp3) is 0.632. The SMILES string of the molecule is CCCCCC(C)NC(=O)N1CCCN(c2ncccc2C#N)CC1. The van der Waals surface area contributed by atoms with Gasteiger partial charge in [-0.05, 0) is 31.9 Å². The molecule has 1 aromatic rings. The Bertz CT molecular complexity index is 598. The number of rotatable bonds is 6. The van der Waals surface area contributed by atoms with Crippen molar-refractivity contribution in [2.24, 2.45) is 0 Å². The number of aromatic nitrogens is 1. The zero-order valence-electron chi connectivity index (χ0n) is 15.4. The van der Waals surface area contributed by atoms with E-state index in [-0.39, 0.29) is 12.1 Å². The monoisotopic (exact) mass is 343 g/mol. The first-order valence-electron chi connectivity index (χ1n) is 9.31. The summed E-state index contributed by atoms with van der Waals surface area (Å²) in [7, 11) is 0. The largest absolute Gasteiger partial charge is 0.354 e. The molecule has 1 saturated heterocycles. The zero-order chi connectivity index (χ0) is 18.1. The van der Waals surface area contributed by atoms with Crippen LogP contribution < -0.4 is 10.2 Å². The first-order valence-corrected chi connectivity index (χ1v) is 9.31. The Labute approximate surface area is 150 Å². The molecule has 2 amide bonds. The van der Waals surface area contributed by atoms with Gasteiger partial charge in [0.05, 0.1) is 5.56 Å². The van der Waals surface area contributed by atoms with Gasteiger partial charge >= 0.3 is 6.03 Å². The highest BCUT2D eigenvalue weighted by Crippen LogP contribution is 2.18. The predicted octanol–water partition coefficient (Wildman–Crippen LogP) is 3.14. The fourth-order valence-corrected chi connectivity index (χ4v) is 3.14. The number of nitrogens with zero attached hydrogens (tertiary/aromatic N) is 4. The minimum atomic E-state index is 0.0207. The number of pyridine rings is 1. The summed E-state index contributed by atoms with van der Waals surface area (Å²) in [5.74, 6) is 0.722. The predicted molar refractivity (Wildman–Crippen MR) is 99.5 cm³/mol. The number of hydrogen-bond donors (Lipinski definition) is 1. The molecule has 136 valence electrons. The number of carbonyl (C=O) groups is 1. The van der Waals surface area contributed by atoms with Crippen LogP contribution in [0.3, 0.4) is 0 Å². The highest BCUT2D eigenvalue weighted by atomic mass is 16.2. The summed E-state index contributed by atoms with van der Waals surface area (Å²) >= 11 is 0. The number of unbranched alkanes of at least 4 members (excludes halogenated alkanes) is 2. The Morgan fingerprint density at radius 2 is 2.20 bits per heavy atom. The Kier molecular flexibility index (Phi) is 7.52. The molecule has 0 aromatic carbocycles. The van der Waals surface area contributed by atoms with Crippen molar-refractivity contribution in [3.63, 3.8) is 0 Å². The van der Waals surface area contributed by atoms with E-state index in [9.17, 15) is 10.1 Å².